The molecule has 174 valence electrons. The third-order valence-corrected chi connectivity index (χ3v) is 7.32. The average molecular weight is 493 g/mol. The number of carbonyl (C=O) groups is 1. The molecule has 2 bridgehead atoms. The summed E-state index contributed by atoms with van der Waals surface area (Å²) in [6.07, 6.45) is 1.77. The third kappa shape index (κ3) is 4.17. The van der Waals surface area contributed by atoms with Crippen molar-refractivity contribution >= 4 is 34.7 Å². The number of hydrogen-bond donors (Lipinski definition) is 2. The predicted molar refractivity (Wildman–Crippen MR) is 121 cm³/mol. The number of rotatable bonds is 5. The second-order valence-electron chi connectivity index (χ2n) is 8.13. The molecule has 3 aliphatic rings. The van der Waals surface area contributed by atoms with Crippen LogP contribution in [-0.2, 0) is 14.3 Å². The van der Waals surface area contributed by atoms with Crippen LogP contribution in [0.25, 0.3) is 0 Å². The van der Waals surface area contributed by atoms with Crippen molar-refractivity contribution in [2.45, 2.75) is 30.7 Å². The molecule has 0 spiro atoms. The fourth-order valence-corrected chi connectivity index (χ4v) is 5.51. The largest absolute Gasteiger partial charge is 0.466 e. The number of nitrogens with one attached hydrogen (secondary N) is 1. The summed E-state index contributed by atoms with van der Waals surface area (Å²) in [5.41, 5.74) is 1.35. The summed E-state index contributed by atoms with van der Waals surface area (Å²) in [5, 5.41) is 16.4. The van der Waals surface area contributed by atoms with Crippen LogP contribution >= 0.6 is 22.9 Å². The van der Waals surface area contributed by atoms with Gasteiger partial charge in [-0.15, -0.1) is 11.3 Å². The molecule has 33 heavy (non-hydrogen) atoms. The number of aromatic nitrogens is 1. The molecule has 2 aromatic rings. The second kappa shape index (κ2) is 9.11. The van der Waals surface area contributed by atoms with Crippen molar-refractivity contribution in [1.82, 2.24) is 15.2 Å². The van der Waals surface area contributed by atoms with Crippen LogP contribution in [0.5, 0.6) is 0 Å². The third-order valence-electron chi connectivity index (χ3n) is 6.22. The van der Waals surface area contributed by atoms with Crippen LogP contribution in [0.2, 0.25) is 5.02 Å². The standard InChI is InChI=1S/C22H22ClFN4O4S/c1-31-22(30)18-15(8-28-12-7-17(29)16(28)10-32-9-12)26-20(21-25-4-5-33-21)27-19(18)13-3-2-11(24)6-14(13)23/h2-6,12,16-17,19,29H,7-10H2,1H3,(H,26,27). The first-order chi connectivity index (χ1) is 16.0. The molecule has 0 radical (unpaired) electrons. The number of carbonyl (C=O) groups excluding carboxylic acids is 1. The van der Waals surface area contributed by atoms with Gasteiger partial charge in [0.15, 0.2) is 10.8 Å². The molecule has 4 atom stereocenters. The Morgan fingerprint density at radius 3 is 3.00 bits per heavy atom. The summed E-state index contributed by atoms with van der Waals surface area (Å²) in [7, 11) is 1.30. The molecule has 2 saturated heterocycles. The van der Waals surface area contributed by atoms with E-state index < -0.39 is 23.9 Å². The predicted octanol–water partition coefficient (Wildman–Crippen LogP) is 2.29. The Bertz CT molecular complexity index is 1130. The molecule has 11 heteroatoms. The van der Waals surface area contributed by atoms with Crippen molar-refractivity contribution < 1.29 is 23.8 Å². The van der Waals surface area contributed by atoms with Gasteiger partial charge >= 0.3 is 5.97 Å². The quantitative estimate of drug-likeness (QED) is 0.618. The topological polar surface area (TPSA) is 96.3 Å². The Labute approximate surface area is 198 Å². The minimum atomic E-state index is -0.815. The number of hydrogen-bond acceptors (Lipinski definition) is 9. The molecule has 0 aliphatic carbocycles. The Hall–Kier alpha value is -2.37. The van der Waals surface area contributed by atoms with E-state index in [-0.39, 0.29) is 22.7 Å². The highest BCUT2D eigenvalue weighted by molar-refractivity contribution is 7.11. The minimum Gasteiger partial charge on any atom is -0.466 e. The van der Waals surface area contributed by atoms with Gasteiger partial charge in [-0.05, 0) is 18.6 Å². The SMILES string of the molecule is COC(=O)C1=C(CN2C3COCC2C(O)C3)NC(c2nccs2)=NC1c1ccc(F)cc1Cl. The smallest absolute Gasteiger partial charge is 0.338 e. The lowest BCUT2D eigenvalue weighted by Gasteiger charge is -2.37. The summed E-state index contributed by atoms with van der Waals surface area (Å²) in [5.74, 6) is -0.560. The second-order valence-corrected chi connectivity index (χ2v) is 9.43. The number of esters is 1. The first-order valence-corrected chi connectivity index (χ1v) is 11.7. The van der Waals surface area contributed by atoms with Gasteiger partial charge in [0.1, 0.15) is 11.9 Å². The van der Waals surface area contributed by atoms with Crippen LogP contribution in [0.15, 0.2) is 46.0 Å². The number of ether oxygens (including phenoxy) is 2. The summed E-state index contributed by atoms with van der Waals surface area (Å²) < 4.78 is 24.5. The van der Waals surface area contributed by atoms with E-state index in [9.17, 15) is 14.3 Å². The van der Waals surface area contributed by atoms with Gasteiger partial charge in [0.25, 0.3) is 0 Å². The van der Waals surface area contributed by atoms with Gasteiger partial charge in [-0.1, -0.05) is 17.7 Å². The monoisotopic (exact) mass is 492 g/mol. The molecular formula is C22H22ClFN4O4S. The van der Waals surface area contributed by atoms with Crippen molar-refractivity contribution in [3.8, 4) is 0 Å². The van der Waals surface area contributed by atoms with Crippen molar-refractivity contribution in [2.75, 3.05) is 26.9 Å². The number of amidine groups is 1. The number of aliphatic imine (C=N–C) groups is 1. The molecule has 3 aliphatic heterocycles. The van der Waals surface area contributed by atoms with E-state index in [2.05, 4.69) is 15.2 Å². The first kappa shape index (κ1) is 22.4. The summed E-state index contributed by atoms with van der Waals surface area (Å²) >= 11 is 7.79. The number of thiazole rings is 1. The van der Waals surface area contributed by atoms with E-state index in [4.69, 9.17) is 26.1 Å². The van der Waals surface area contributed by atoms with E-state index in [1.807, 2.05) is 5.38 Å². The highest BCUT2D eigenvalue weighted by atomic mass is 35.5. The van der Waals surface area contributed by atoms with Gasteiger partial charge in [-0.3, -0.25) is 9.89 Å². The maximum Gasteiger partial charge on any atom is 0.338 e. The summed E-state index contributed by atoms with van der Waals surface area (Å²) in [4.78, 5) is 24.2. The molecule has 4 unspecified atom stereocenters. The van der Waals surface area contributed by atoms with Crippen molar-refractivity contribution in [3.05, 3.63) is 62.5 Å². The molecule has 0 saturated carbocycles. The fourth-order valence-electron chi connectivity index (χ4n) is 4.66. The molecule has 8 nitrogen and oxygen atoms in total. The Morgan fingerprint density at radius 2 is 2.30 bits per heavy atom. The Balaban J connectivity index is 1.61. The normalized spacial score (nSPS) is 27.3. The van der Waals surface area contributed by atoms with E-state index in [0.29, 0.717) is 48.3 Å². The first-order valence-electron chi connectivity index (χ1n) is 10.5. The highest BCUT2D eigenvalue weighted by Gasteiger charge is 2.45. The van der Waals surface area contributed by atoms with E-state index in [1.54, 1.807) is 6.20 Å². The van der Waals surface area contributed by atoms with Crippen molar-refractivity contribution in [2.24, 2.45) is 4.99 Å². The number of nitrogens with zero attached hydrogens (tertiary/aromatic N) is 3. The maximum atomic E-state index is 13.8. The molecule has 2 N–H and O–H groups in total. The average Bonchev–Trinajstić information content (AvgIpc) is 3.38. The number of halogens is 2. The van der Waals surface area contributed by atoms with Crippen LogP contribution in [0, 0.1) is 5.82 Å². The van der Waals surface area contributed by atoms with Crippen LogP contribution in [0.3, 0.4) is 0 Å². The van der Waals surface area contributed by atoms with Gasteiger partial charge in [0.05, 0.1) is 38.0 Å². The Kier molecular flexibility index (Phi) is 6.19. The zero-order chi connectivity index (χ0) is 23.1. The summed E-state index contributed by atoms with van der Waals surface area (Å²) in [6.45, 7) is 1.27. The van der Waals surface area contributed by atoms with Gasteiger partial charge in [0, 0.05) is 40.4 Å². The number of benzene rings is 1. The molecule has 5 rings (SSSR count). The zero-order valence-corrected chi connectivity index (χ0v) is 19.3. The Morgan fingerprint density at radius 1 is 1.45 bits per heavy atom. The van der Waals surface area contributed by atoms with Crippen LogP contribution in [0.1, 0.15) is 23.0 Å². The lowest BCUT2D eigenvalue weighted by Crippen LogP contribution is -2.50. The number of fused-ring (bicyclic) bond motifs is 2. The lowest BCUT2D eigenvalue weighted by atomic mass is 9.95. The van der Waals surface area contributed by atoms with Gasteiger partial charge in [-0.2, -0.15) is 0 Å². The van der Waals surface area contributed by atoms with Gasteiger partial charge in [-0.25, -0.2) is 14.2 Å². The van der Waals surface area contributed by atoms with E-state index in [1.165, 1.54) is 36.6 Å². The molecular weight excluding hydrogens is 471 g/mol. The lowest BCUT2D eigenvalue weighted by molar-refractivity contribution is -0.136. The van der Waals surface area contributed by atoms with E-state index in [0.717, 1.165) is 0 Å². The number of methoxy groups -OCH3 is 1. The zero-order valence-electron chi connectivity index (χ0n) is 17.7. The van der Waals surface area contributed by atoms with Crippen molar-refractivity contribution in [1.29, 1.82) is 0 Å². The molecule has 2 fully saturated rings. The van der Waals surface area contributed by atoms with Gasteiger partial charge < -0.3 is 19.9 Å². The number of morpholine rings is 1. The highest BCUT2D eigenvalue weighted by Crippen LogP contribution is 2.38. The summed E-state index contributed by atoms with van der Waals surface area (Å²) in [6, 6.07) is 3.05. The molecule has 1 aromatic carbocycles. The maximum absolute atomic E-state index is 13.8. The van der Waals surface area contributed by atoms with Crippen LogP contribution in [-0.4, -0.2) is 71.9 Å². The van der Waals surface area contributed by atoms with Gasteiger partial charge in [0.2, 0.25) is 0 Å². The molecule has 0 amide bonds. The molecule has 1 aromatic heterocycles. The minimum absolute atomic E-state index is 0.0296. The molecule has 4 heterocycles. The fraction of sp³-hybridized carbons (Fsp3) is 0.409. The van der Waals surface area contributed by atoms with Crippen molar-refractivity contribution in [3.63, 3.8) is 0 Å². The number of aliphatic hydroxyl groups excluding tert-OH is 1. The van der Waals surface area contributed by atoms with Crippen LogP contribution < -0.4 is 5.32 Å². The van der Waals surface area contributed by atoms with Crippen LogP contribution in [0.4, 0.5) is 4.39 Å². The number of aliphatic hydroxyl groups is 1. The van der Waals surface area contributed by atoms with E-state index >= 15 is 0 Å².